The molecule has 0 radical (unpaired) electrons. The number of aryl methyl sites for hydroxylation is 1. The minimum atomic E-state index is -0.530. The number of anilines is 1. The number of nitrogens with one attached hydrogen (secondary N) is 1. The zero-order chi connectivity index (χ0) is 19.4. The largest absolute Gasteiger partial charge is 0.455 e. The molecular weight excluding hydrogens is 387 g/mol. The molecule has 1 heterocycles. The van der Waals surface area contributed by atoms with Crippen molar-refractivity contribution in [1.82, 2.24) is 4.98 Å². The summed E-state index contributed by atoms with van der Waals surface area (Å²) in [6.45, 7) is 1.27. The first-order valence-corrected chi connectivity index (χ1v) is 8.94. The number of aromatic nitrogens is 1. The average molecular weight is 403 g/mol. The lowest BCUT2D eigenvalue weighted by atomic mass is 10.0. The Balaban J connectivity index is 1.59. The Morgan fingerprint density at radius 3 is 2.63 bits per heavy atom. The Hall–Kier alpha value is -2.63. The van der Waals surface area contributed by atoms with Gasteiger partial charge in [-0.3, -0.25) is 9.59 Å². The van der Waals surface area contributed by atoms with Crippen molar-refractivity contribution in [3.05, 3.63) is 69.8 Å². The number of hydrogen-bond donors (Lipinski definition) is 1. The van der Waals surface area contributed by atoms with Gasteiger partial charge in [0.25, 0.3) is 5.91 Å². The maximum atomic E-state index is 12.1. The molecule has 2 aromatic carbocycles. The van der Waals surface area contributed by atoms with E-state index in [1.807, 2.05) is 42.5 Å². The van der Waals surface area contributed by atoms with Gasteiger partial charge in [0, 0.05) is 0 Å². The van der Waals surface area contributed by atoms with E-state index >= 15 is 0 Å². The van der Waals surface area contributed by atoms with Gasteiger partial charge in [0.15, 0.2) is 12.4 Å². The van der Waals surface area contributed by atoms with Crippen LogP contribution < -0.4 is 5.32 Å². The Morgan fingerprint density at radius 2 is 1.81 bits per heavy atom. The molecule has 0 bridgehead atoms. The molecule has 0 saturated heterocycles. The number of amides is 1. The third-order valence-corrected chi connectivity index (χ3v) is 4.61. The summed E-state index contributed by atoms with van der Waals surface area (Å²) >= 11 is 11.9. The van der Waals surface area contributed by atoms with Crippen LogP contribution >= 0.6 is 23.2 Å². The minimum absolute atomic E-state index is 0.0771. The molecule has 0 fully saturated rings. The van der Waals surface area contributed by atoms with Crippen molar-refractivity contribution < 1.29 is 14.3 Å². The van der Waals surface area contributed by atoms with Crippen LogP contribution in [0.2, 0.25) is 10.0 Å². The third-order valence-electron chi connectivity index (χ3n) is 3.94. The lowest BCUT2D eigenvalue weighted by molar-refractivity contribution is -0.146. The fraction of sp³-hybridized carbons (Fsp3) is 0.150. The molecule has 0 aliphatic carbocycles. The highest BCUT2D eigenvalue weighted by molar-refractivity contribution is 6.36. The van der Waals surface area contributed by atoms with Gasteiger partial charge in [0.1, 0.15) is 0 Å². The van der Waals surface area contributed by atoms with Crippen molar-refractivity contribution in [3.8, 4) is 0 Å². The van der Waals surface area contributed by atoms with Gasteiger partial charge in [-0.25, -0.2) is 4.98 Å². The number of hydrogen-bond acceptors (Lipinski definition) is 4. The van der Waals surface area contributed by atoms with Gasteiger partial charge in [0.2, 0.25) is 0 Å². The fourth-order valence-electron chi connectivity index (χ4n) is 2.61. The summed E-state index contributed by atoms with van der Waals surface area (Å²) in [5.41, 5.74) is 1.38. The van der Waals surface area contributed by atoms with Crippen LogP contribution in [0.3, 0.4) is 0 Å². The van der Waals surface area contributed by atoms with E-state index in [0.29, 0.717) is 10.7 Å². The Bertz CT molecular complexity index is 1020. The molecule has 0 aliphatic rings. The molecule has 5 nitrogen and oxygen atoms in total. The maximum absolute atomic E-state index is 12.1. The van der Waals surface area contributed by atoms with Crippen molar-refractivity contribution in [2.24, 2.45) is 0 Å². The lowest BCUT2D eigenvalue weighted by Gasteiger charge is -2.09. The van der Waals surface area contributed by atoms with Gasteiger partial charge in [-0.2, -0.15) is 0 Å². The van der Waals surface area contributed by atoms with E-state index in [1.54, 1.807) is 6.92 Å². The maximum Gasteiger partial charge on any atom is 0.310 e. The quantitative estimate of drug-likeness (QED) is 0.634. The van der Waals surface area contributed by atoms with Crippen LogP contribution in [-0.4, -0.2) is 23.5 Å². The molecule has 0 spiro atoms. The molecule has 1 N–H and O–H groups in total. The summed E-state index contributed by atoms with van der Waals surface area (Å²) in [7, 11) is 0. The predicted molar refractivity (Wildman–Crippen MR) is 106 cm³/mol. The van der Waals surface area contributed by atoms with Gasteiger partial charge in [-0.15, -0.1) is 0 Å². The van der Waals surface area contributed by atoms with Crippen molar-refractivity contribution >= 4 is 51.7 Å². The topological polar surface area (TPSA) is 68.3 Å². The van der Waals surface area contributed by atoms with Crippen LogP contribution in [0.4, 0.5) is 5.82 Å². The Labute approximate surface area is 166 Å². The number of benzene rings is 2. The molecule has 0 aliphatic heterocycles. The van der Waals surface area contributed by atoms with Crippen molar-refractivity contribution in [1.29, 1.82) is 0 Å². The summed E-state index contributed by atoms with van der Waals surface area (Å²) in [6.07, 6.45) is 0.0771. The molecule has 0 unspecified atom stereocenters. The van der Waals surface area contributed by atoms with E-state index < -0.39 is 18.5 Å². The van der Waals surface area contributed by atoms with Crippen LogP contribution in [0.5, 0.6) is 0 Å². The number of ether oxygens (including phenoxy) is 1. The number of carbonyl (C=O) groups is 2. The lowest BCUT2D eigenvalue weighted by Crippen LogP contribution is -2.22. The monoisotopic (exact) mass is 402 g/mol. The van der Waals surface area contributed by atoms with Gasteiger partial charge in [-0.1, -0.05) is 65.7 Å². The number of pyridine rings is 1. The van der Waals surface area contributed by atoms with Crippen LogP contribution in [0.15, 0.2) is 48.5 Å². The standard InChI is InChI=1S/C20H16Cl2N2O3/c1-12-16(21)10-17(22)20(23-12)24-18(25)11-27-19(26)9-14-7-4-6-13-5-2-3-8-15(13)14/h2-8,10H,9,11H2,1H3,(H,23,24,25). The number of halogens is 2. The molecule has 3 aromatic rings. The van der Waals surface area contributed by atoms with Gasteiger partial charge in [-0.05, 0) is 29.3 Å². The normalized spacial score (nSPS) is 10.6. The number of esters is 1. The first-order chi connectivity index (χ1) is 12.9. The molecule has 1 amide bonds. The van der Waals surface area contributed by atoms with Crippen molar-refractivity contribution in [3.63, 3.8) is 0 Å². The summed E-state index contributed by atoms with van der Waals surface area (Å²) in [4.78, 5) is 28.2. The summed E-state index contributed by atoms with van der Waals surface area (Å²) in [5.74, 6) is -0.848. The Kier molecular flexibility index (Phi) is 5.94. The third kappa shape index (κ3) is 4.76. The number of rotatable bonds is 5. The number of carbonyl (C=O) groups excluding carboxylic acids is 2. The van der Waals surface area contributed by atoms with Crippen LogP contribution in [0.1, 0.15) is 11.3 Å². The van der Waals surface area contributed by atoms with Gasteiger partial charge in [0.05, 0.1) is 22.2 Å². The van der Waals surface area contributed by atoms with Crippen LogP contribution in [0, 0.1) is 6.92 Å². The SMILES string of the molecule is Cc1nc(NC(=O)COC(=O)Cc2cccc3ccccc23)c(Cl)cc1Cl. The number of nitrogens with zero attached hydrogens (tertiary/aromatic N) is 1. The molecule has 0 saturated carbocycles. The van der Waals surface area contributed by atoms with E-state index in [4.69, 9.17) is 27.9 Å². The van der Waals surface area contributed by atoms with E-state index in [-0.39, 0.29) is 17.3 Å². The van der Waals surface area contributed by atoms with E-state index in [9.17, 15) is 9.59 Å². The van der Waals surface area contributed by atoms with E-state index in [0.717, 1.165) is 16.3 Å². The Morgan fingerprint density at radius 1 is 1.07 bits per heavy atom. The van der Waals surface area contributed by atoms with Crippen LogP contribution in [0.25, 0.3) is 10.8 Å². The van der Waals surface area contributed by atoms with E-state index in [1.165, 1.54) is 6.07 Å². The molecule has 0 atom stereocenters. The van der Waals surface area contributed by atoms with Gasteiger partial charge >= 0.3 is 5.97 Å². The average Bonchev–Trinajstić information content (AvgIpc) is 2.65. The fourth-order valence-corrected chi connectivity index (χ4v) is 3.02. The summed E-state index contributed by atoms with van der Waals surface area (Å²) < 4.78 is 5.07. The van der Waals surface area contributed by atoms with E-state index in [2.05, 4.69) is 10.3 Å². The highest BCUT2D eigenvalue weighted by atomic mass is 35.5. The van der Waals surface area contributed by atoms with Crippen LogP contribution in [-0.2, 0) is 20.7 Å². The summed E-state index contributed by atoms with van der Waals surface area (Å²) in [5, 5.41) is 5.14. The van der Waals surface area contributed by atoms with Crippen molar-refractivity contribution in [2.75, 3.05) is 11.9 Å². The zero-order valence-corrected chi connectivity index (χ0v) is 16.0. The first kappa shape index (κ1) is 19.1. The molecule has 1 aromatic heterocycles. The molecular formula is C20H16Cl2N2O3. The molecule has 3 rings (SSSR count). The molecule has 27 heavy (non-hydrogen) atoms. The summed E-state index contributed by atoms with van der Waals surface area (Å²) in [6, 6.07) is 15.0. The first-order valence-electron chi connectivity index (χ1n) is 8.19. The van der Waals surface area contributed by atoms with Crippen molar-refractivity contribution in [2.45, 2.75) is 13.3 Å². The zero-order valence-electron chi connectivity index (χ0n) is 14.5. The minimum Gasteiger partial charge on any atom is -0.455 e. The second kappa shape index (κ2) is 8.37. The molecule has 7 heteroatoms. The number of fused-ring (bicyclic) bond motifs is 1. The second-order valence-corrected chi connectivity index (χ2v) is 6.72. The second-order valence-electron chi connectivity index (χ2n) is 5.91. The highest BCUT2D eigenvalue weighted by Crippen LogP contribution is 2.25. The van der Waals surface area contributed by atoms with Gasteiger partial charge < -0.3 is 10.1 Å². The predicted octanol–water partition coefficient (Wildman–Crippen LogP) is 4.57. The smallest absolute Gasteiger partial charge is 0.310 e. The highest BCUT2D eigenvalue weighted by Gasteiger charge is 2.13. The molecule has 138 valence electrons.